The first-order chi connectivity index (χ1) is 8.08. The average Bonchev–Trinajstić information content (AvgIpc) is 2.30. The fourth-order valence-electron chi connectivity index (χ4n) is 2.91. The molecule has 1 aromatic carbocycles. The van der Waals surface area contributed by atoms with Gasteiger partial charge in [0.2, 0.25) is 0 Å². The maximum Gasteiger partial charge on any atom is 0.0246 e. The molecule has 94 valence electrons. The zero-order valence-corrected chi connectivity index (χ0v) is 11.2. The number of rotatable bonds is 2. The van der Waals surface area contributed by atoms with Crippen LogP contribution in [0.3, 0.4) is 0 Å². The van der Waals surface area contributed by atoms with Gasteiger partial charge in [-0.3, -0.25) is 0 Å². The van der Waals surface area contributed by atoms with E-state index >= 15 is 0 Å². The minimum absolute atomic E-state index is 0.340. The maximum atomic E-state index is 6.20. The lowest BCUT2D eigenvalue weighted by molar-refractivity contribution is 0.186. The van der Waals surface area contributed by atoms with Gasteiger partial charge in [0.25, 0.3) is 0 Å². The predicted molar refractivity (Wildman–Crippen MR) is 73.2 cm³/mol. The van der Waals surface area contributed by atoms with Gasteiger partial charge < -0.3 is 10.6 Å². The molecule has 0 unspecified atom stereocenters. The van der Waals surface area contributed by atoms with Crippen LogP contribution in [0.5, 0.6) is 0 Å². The smallest absolute Gasteiger partial charge is 0.0246 e. The Morgan fingerprint density at radius 3 is 2.35 bits per heavy atom. The van der Waals surface area contributed by atoms with E-state index in [-0.39, 0.29) is 0 Å². The van der Waals surface area contributed by atoms with E-state index in [1.807, 2.05) is 0 Å². The lowest BCUT2D eigenvalue weighted by atomic mass is 9.78. The van der Waals surface area contributed by atoms with Crippen molar-refractivity contribution in [3.8, 4) is 0 Å². The number of aryl methyl sites for hydroxylation is 1. The zero-order valence-electron chi connectivity index (χ0n) is 11.2. The first-order valence-electron chi connectivity index (χ1n) is 6.56. The molecule has 3 atom stereocenters. The highest BCUT2D eigenvalue weighted by atomic mass is 15.1. The summed E-state index contributed by atoms with van der Waals surface area (Å²) in [5.74, 6) is 0.683. The van der Waals surface area contributed by atoms with Gasteiger partial charge in [0, 0.05) is 12.1 Å². The van der Waals surface area contributed by atoms with E-state index in [4.69, 9.17) is 5.73 Å². The second-order valence-electron chi connectivity index (χ2n) is 5.62. The van der Waals surface area contributed by atoms with Gasteiger partial charge in [-0.1, -0.05) is 29.8 Å². The Morgan fingerprint density at radius 2 is 1.76 bits per heavy atom. The number of likely N-dealkylation sites (N-methyl/N-ethyl adjacent to an activating group) is 1. The molecule has 0 aliphatic heterocycles. The van der Waals surface area contributed by atoms with Crippen LogP contribution >= 0.6 is 0 Å². The Bertz CT molecular complexity index is 356. The molecule has 17 heavy (non-hydrogen) atoms. The molecule has 0 aromatic heterocycles. The van der Waals surface area contributed by atoms with Gasteiger partial charge >= 0.3 is 0 Å². The van der Waals surface area contributed by atoms with Gasteiger partial charge in [0.15, 0.2) is 0 Å². The summed E-state index contributed by atoms with van der Waals surface area (Å²) in [6, 6.07) is 9.86. The van der Waals surface area contributed by atoms with Crippen LogP contribution in [-0.2, 0) is 0 Å². The molecular formula is C15H24N2. The molecule has 1 aliphatic rings. The standard InChI is InChI=1S/C15H24N2/c1-11-4-6-12(7-5-11)13-8-9-14(16)15(10-13)17(2)3/h4-7,13-15H,8-10,16H2,1-3H3/t13-,14-,15-/m0/s1. The molecule has 2 rings (SSSR count). The molecule has 0 saturated heterocycles. The van der Waals surface area contributed by atoms with E-state index in [0.717, 1.165) is 6.42 Å². The molecule has 1 aromatic rings. The van der Waals surface area contributed by atoms with Gasteiger partial charge in [0.1, 0.15) is 0 Å². The summed E-state index contributed by atoms with van der Waals surface area (Å²) < 4.78 is 0. The topological polar surface area (TPSA) is 29.3 Å². The van der Waals surface area contributed by atoms with Crippen molar-refractivity contribution in [3.05, 3.63) is 35.4 Å². The van der Waals surface area contributed by atoms with E-state index in [1.165, 1.54) is 24.0 Å². The molecule has 0 spiro atoms. The fraction of sp³-hybridized carbons (Fsp3) is 0.600. The van der Waals surface area contributed by atoms with Crippen LogP contribution in [0.1, 0.15) is 36.3 Å². The Kier molecular flexibility index (Phi) is 3.85. The summed E-state index contributed by atoms with van der Waals surface area (Å²) in [4.78, 5) is 2.28. The first kappa shape index (κ1) is 12.6. The van der Waals surface area contributed by atoms with Gasteiger partial charge in [-0.25, -0.2) is 0 Å². The Morgan fingerprint density at radius 1 is 1.12 bits per heavy atom. The number of hydrogen-bond acceptors (Lipinski definition) is 2. The third kappa shape index (κ3) is 2.88. The Labute approximate surface area is 105 Å². The summed E-state index contributed by atoms with van der Waals surface area (Å²) >= 11 is 0. The summed E-state index contributed by atoms with van der Waals surface area (Å²) in [7, 11) is 4.28. The summed E-state index contributed by atoms with van der Waals surface area (Å²) in [6.45, 7) is 2.14. The summed E-state index contributed by atoms with van der Waals surface area (Å²) in [5, 5.41) is 0. The summed E-state index contributed by atoms with van der Waals surface area (Å²) in [5.41, 5.74) is 9.02. The third-order valence-electron chi connectivity index (χ3n) is 4.08. The van der Waals surface area contributed by atoms with E-state index in [9.17, 15) is 0 Å². The van der Waals surface area contributed by atoms with E-state index in [1.54, 1.807) is 0 Å². The molecule has 0 heterocycles. The van der Waals surface area contributed by atoms with Crippen molar-refractivity contribution >= 4 is 0 Å². The molecule has 0 bridgehead atoms. The SMILES string of the molecule is Cc1ccc([C@H]2CC[C@H](N)[C@@H](N(C)C)C2)cc1. The van der Waals surface area contributed by atoms with Crippen molar-refractivity contribution in [1.29, 1.82) is 0 Å². The molecule has 1 saturated carbocycles. The monoisotopic (exact) mass is 232 g/mol. The minimum atomic E-state index is 0.340. The van der Waals surface area contributed by atoms with Crippen LogP contribution in [0.2, 0.25) is 0 Å². The molecule has 2 heteroatoms. The average molecular weight is 232 g/mol. The molecule has 2 N–H and O–H groups in total. The van der Waals surface area contributed by atoms with Crippen LogP contribution in [0.15, 0.2) is 24.3 Å². The number of nitrogens with two attached hydrogens (primary N) is 1. The fourth-order valence-corrected chi connectivity index (χ4v) is 2.91. The quantitative estimate of drug-likeness (QED) is 0.849. The highest BCUT2D eigenvalue weighted by Gasteiger charge is 2.30. The van der Waals surface area contributed by atoms with Gasteiger partial charge in [-0.2, -0.15) is 0 Å². The van der Waals surface area contributed by atoms with Crippen LogP contribution in [0.25, 0.3) is 0 Å². The minimum Gasteiger partial charge on any atom is -0.326 e. The third-order valence-corrected chi connectivity index (χ3v) is 4.08. The van der Waals surface area contributed by atoms with Gasteiger partial charge in [-0.15, -0.1) is 0 Å². The van der Waals surface area contributed by atoms with Crippen LogP contribution in [-0.4, -0.2) is 31.1 Å². The highest BCUT2D eigenvalue weighted by Crippen LogP contribution is 2.34. The lowest BCUT2D eigenvalue weighted by Crippen LogP contribution is -2.47. The molecule has 2 nitrogen and oxygen atoms in total. The van der Waals surface area contributed by atoms with Crippen molar-refractivity contribution in [2.24, 2.45) is 5.73 Å². The van der Waals surface area contributed by atoms with Crippen molar-refractivity contribution in [1.82, 2.24) is 4.90 Å². The van der Waals surface area contributed by atoms with Gasteiger partial charge in [0.05, 0.1) is 0 Å². The van der Waals surface area contributed by atoms with Crippen LogP contribution < -0.4 is 5.73 Å². The maximum absolute atomic E-state index is 6.20. The molecular weight excluding hydrogens is 208 g/mol. The predicted octanol–water partition coefficient (Wildman–Crippen LogP) is 2.52. The highest BCUT2D eigenvalue weighted by molar-refractivity contribution is 5.25. The zero-order chi connectivity index (χ0) is 12.4. The summed E-state index contributed by atoms with van der Waals surface area (Å²) in [6.07, 6.45) is 3.56. The van der Waals surface area contributed by atoms with Crippen LogP contribution in [0.4, 0.5) is 0 Å². The van der Waals surface area contributed by atoms with Crippen molar-refractivity contribution in [2.45, 2.75) is 44.2 Å². The van der Waals surface area contributed by atoms with Crippen molar-refractivity contribution < 1.29 is 0 Å². The van der Waals surface area contributed by atoms with E-state index in [0.29, 0.717) is 18.0 Å². The first-order valence-corrected chi connectivity index (χ1v) is 6.56. The Balaban J connectivity index is 2.10. The normalized spacial score (nSPS) is 29.6. The van der Waals surface area contributed by atoms with Gasteiger partial charge in [-0.05, 0) is 51.8 Å². The molecule has 0 radical (unpaired) electrons. The number of hydrogen-bond donors (Lipinski definition) is 1. The second kappa shape index (κ2) is 5.19. The van der Waals surface area contributed by atoms with Crippen molar-refractivity contribution in [3.63, 3.8) is 0 Å². The van der Waals surface area contributed by atoms with Crippen molar-refractivity contribution in [2.75, 3.05) is 14.1 Å². The molecule has 1 aliphatic carbocycles. The molecule has 0 amide bonds. The largest absolute Gasteiger partial charge is 0.326 e. The Hall–Kier alpha value is -0.860. The second-order valence-corrected chi connectivity index (χ2v) is 5.62. The lowest BCUT2D eigenvalue weighted by Gasteiger charge is -2.38. The number of benzene rings is 1. The van der Waals surface area contributed by atoms with Crippen LogP contribution in [0, 0.1) is 6.92 Å². The van der Waals surface area contributed by atoms with E-state index < -0.39 is 0 Å². The number of nitrogens with zero attached hydrogens (tertiary/aromatic N) is 1. The molecule has 1 fully saturated rings. The van der Waals surface area contributed by atoms with E-state index in [2.05, 4.69) is 50.2 Å².